The second-order valence-electron chi connectivity index (χ2n) is 7.26. The van der Waals surface area contributed by atoms with Crippen LogP contribution in [0.1, 0.15) is 16.7 Å². The average Bonchev–Trinajstić information content (AvgIpc) is 2.73. The largest absolute Gasteiger partial charge is 0.647 e. The van der Waals surface area contributed by atoms with E-state index in [0.717, 1.165) is 27.5 Å². The molecule has 1 unspecified atom stereocenters. The molecular formula is C25H23O4P. The Bertz CT molecular complexity index is 1210. The average molecular weight is 418 g/mol. The number of hydrogen-bond donors (Lipinski definition) is 0. The van der Waals surface area contributed by atoms with Crippen LogP contribution in [0.5, 0.6) is 17.2 Å². The lowest BCUT2D eigenvalue weighted by Gasteiger charge is -2.21. The smallest absolute Gasteiger partial charge is 0.386 e. The molecule has 0 aliphatic rings. The van der Waals surface area contributed by atoms with E-state index in [-0.39, 0.29) is 0 Å². The molecule has 0 heterocycles. The van der Waals surface area contributed by atoms with E-state index in [1.54, 1.807) is 18.2 Å². The highest BCUT2D eigenvalue weighted by Gasteiger charge is 2.34. The summed E-state index contributed by atoms with van der Waals surface area (Å²) in [7, 11) is -4.03. The summed E-state index contributed by atoms with van der Waals surface area (Å²) in [6.07, 6.45) is 0. The van der Waals surface area contributed by atoms with Crippen molar-refractivity contribution in [3.8, 4) is 17.2 Å². The predicted molar refractivity (Wildman–Crippen MR) is 121 cm³/mol. The quantitative estimate of drug-likeness (QED) is 0.306. The second kappa shape index (κ2) is 8.25. The van der Waals surface area contributed by atoms with Crippen LogP contribution < -0.4 is 13.6 Å². The highest BCUT2D eigenvalue weighted by molar-refractivity contribution is 7.49. The lowest BCUT2D eigenvalue weighted by atomic mass is 10.1. The highest BCUT2D eigenvalue weighted by atomic mass is 31.2. The molecule has 0 saturated carbocycles. The van der Waals surface area contributed by atoms with Gasteiger partial charge in [0.1, 0.15) is 17.2 Å². The number of phosphoric acid groups is 1. The van der Waals surface area contributed by atoms with E-state index in [1.165, 1.54) is 0 Å². The Balaban J connectivity index is 1.71. The van der Waals surface area contributed by atoms with Gasteiger partial charge in [-0.05, 0) is 66.9 Å². The zero-order valence-electron chi connectivity index (χ0n) is 17.2. The second-order valence-corrected chi connectivity index (χ2v) is 8.71. The maximum absolute atomic E-state index is 13.8. The molecule has 0 radical (unpaired) electrons. The lowest BCUT2D eigenvalue weighted by Crippen LogP contribution is -2.09. The van der Waals surface area contributed by atoms with Gasteiger partial charge in [0.25, 0.3) is 0 Å². The van der Waals surface area contributed by atoms with E-state index in [0.29, 0.717) is 17.2 Å². The predicted octanol–water partition coefficient (Wildman–Crippen LogP) is 7.41. The van der Waals surface area contributed by atoms with Gasteiger partial charge in [0.05, 0.1) is 0 Å². The maximum atomic E-state index is 13.8. The van der Waals surface area contributed by atoms with Gasteiger partial charge in [0, 0.05) is 0 Å². The van der Waals surface area contributed by atoms with Crippen molar-refractivity contribution in [1.82, 2.24) is 0 Å². The Hall–Kier alpha value is -3.23. The molecule has 5 heteroatoms. The first-order chi connectivity index (χ1) is 14.4. The maximum Gasteiger partial charge on any atom is 0.647 e. The minimum atomic E-state index is -4.03. The fourth-order valence-electron chi connectivity index (χ4n) is 3.19. The van der Waals surface area contributed by atoms with Crippen molar-refractivity contribution in [1.29, 1.82) is 0 Å². The normalized spacial score (nSPS) is 12.9. The first kappa shape index (κ1) is 20.1. The van der Waals surface area contributed by atoms with Gasteiger partial charge >= 0.3 is 7.82 Å². The molecule has 30 heavy (non-hydrogen) atoms. The molecule has 0 aliphatic heterocycles. The van der Waals surface area contributed by atoms with Crippen LogP contribution in [0.25, 0.3) is 10.8 Å². The Morgan fingerprint density at radius 3 is 1.90 bits per heavy atom. The van der Waals surface area contributed by atoms with Gasteiger partial charge in [0.2, 0.25) is 0 Å². The molecule has 0 N–H and O–H groups in total. The Kier molecular flexibility index (Phi) is 5.52. The van der Waals surface area contributed by atoms with Crippen LogP contribution >= 0.6 is 7.82 Å². The van der Waals surface area contributed by atoms with E-state index in [1.807, 2.05) is 87.5 Å². The van der Waals surface area contributed by atoms with Gasteiger partial charge in [-0.2, -0.15) is 4.57 Å². The Labute approximate surface area is 176 Å². The summed E-state index contributed by atoms with van der Waals surface area (Å²) in [5.41, 5.74) is 2.78. The fourth-order valence-corrected chi connectivity index (χ4v) is 4.57. The van der Waals surface area contributed by atoms with Crippen LogP contribution in [-0.2, 0) is 4.57 Å². The first-order valence-corrected chi connectivity index (χ1v) is 11.2. The van der Waals surface area contributed by atoms with Crippen LogP contribution in [0.15, 0.2) is 84.9 Å². The van der Waals surface area contributed by atoms with Gasteiger partial charge in [-0.25, -0.2) is 0 Å². The summed E-state index contributed by atoms with van der Waals surface area (Å²) in [5, 5.41) is 2.04. The molecular weight excluding hydrogens is 395 g/mol. The molecule has 4 aromatic rings. The summed E-state index contributed by atoms with van der Waals surface area (Å²) in [6.45, 7) is 5.77. The third kappa shape index (κ3) is 4.50. The molecule has 0 saturated heterocycles. The lowest BCUT2D eigenvalue weighted by molar-refractivity contribution is 0.297. The summed E-state index contributed by atoms with van der Waals surface area (Å²) in [4.78, 5) is 0. The van der Waals surface area contributed by atoms with Crippen molar-refractivity contribution in [2.24, 2.45) is 0 Å². The molecule has 0 amide bonds. The number of aryl methyl sites for hydroxylation is 3. The molecule has 0 fully saturated rings. The van der Waals surface area contributed by atoms with Gasteiger partial charge < -0.3 is 13.6 Å². The number of para-hydroxylation sites is 1. The molecule has 0 aromatic heterocycles. The zero-order chi connectivity index (χ0) is 21.1. The van der Waals surface area contributed by atoms with Gasteiger partial charge in [0.15, 0.2) is 0 Å². The molecule has 4 rings (SSSR count). The van der Waals surface area contributed by atoms with Crippen molar-refractivity contribution in [2.45, 2.75) is 20.8 Å². The van der Waals surface area contributed by atoms with Crippen molar-refractivity contribution >= 4 is 18.6 Å². The number of hydrogen-bond acceptors (Lipinski definition) is 4. The number of phosphoric ester groups is 1. The zero-order valence-corrected chi connectivity index (χ0v) is 18.1. The first-order valence-electron chi connectivity index (χ1n) is 9.72. The van der Waals surface area contributed by atoms with Crippen LogP contribution in [0.4, 0.5) is 0 Å². The SMILES string of the molecule is Cc1ccc(OP(=O)(Oc2ccc3ccccc3c2)Oc2c(C)cccc2C)cc1. The van der Waals surface area contributed by atoms with Crippen molar-refractivity contribution < 1.29 is 18.1 Å². The van der Waals surface area contributed by atoms with Crippen molar-refractivity contribution in [3.05, 3.63) is 102 Å². The summed E-state index contributed by atoms with van der Waals surface area (Å²) < 4.78 is 31.4. The molecule has 0 bridgehead atoms. The molecule has 1 atom stereocenters. The highest BCUT2D eigenvalue weighted by Crippen LogP contribution is 2.51. The van der Waals surface area contributed by atoms with Crippen LogP contribution in [0, 0.1) is 20.8 Å². The van der Waals surface area contributed by atoms with E-state index in [2.05, 4.69) is 0 Å². The topological polar surface area (TPSA) is 44.8 Å². The Morgan fingerprint density at radius 1 is 0.600 bits per heavy atom. The van der Waals surface area contributed by atoms with E-state index in [9.17, 15) is 4.57 Å². The Morgan fingerprint density at radius 2 is 1.20 bits per heavy atom. The minimum absolute atomic E-state index is 0.412. The van der Waals surface area contributed by atoms with Crippen molar-refractivity contribution in [3.63, 3.8) is 0 Å². The van der Waals surface area contributed by atoms with E-state index in [4.69, 9.17) is 13.6 Å². The minimum Gasteiger partial charge on any atom is -0.386 e. The molecule has 4 aromatic carbocycles. The third-order valence-corrected chi connectivity index (χ3v) is 6.06. The third-order valence-electron chi connectivity index (χ3n) is 4.79. The summed E-state index contributed by atoms with van der Waals surface area (Å²) >= 11 is 0. The molecule has 0 aliphatic carbocycles. The van der Waals surface area contributed by atoms with E-state index >= 15 is 0 Å². The molecule has 0 spiro atoms. The fraction of sp³-hybridized carbons (Fsp3) is 0.120. The van der Waals surface area contributed by atoms with Gasteiger partial charge in [-0.15, -0.1) is 0 Å². The van der Waals surface area contributed by atoms with Crippen LogP contribution in [0.3, 0.4) is 0 Å². The summed E-state index contributed by atoms with van der Waals surface area (Å²) in [5.74, 6) is 1.32. The van der Waals surface area contributed by atoms with Crippen molar-refractivity contribution in [2.75, 3.05) is 0 Å². The number of benzene rings is 4. The van der Waals surface area contributed by atoms with E-state index < -0.39 is 7.82 Å². The van der Waals surface area contributed by atoms with Crippen LogP contribution in [0.2, 0.25) is 0 Å². The summed E-state index contributed by atoms with van der Waals surface area (Å²) in [6, 6.07) is 26.4. The monoisotopic (exact) mass is 418 g/mol. The van der Waals surface area contributed by atoms with Gasteiger partial charge in [-0.3, -0.25) is 0 Å². The molecule has 152 valence electrons. The number of rotatable bonds is 6. The van der Waals surface area contributed by atoms with Crippen LogP contribution in [-0.4, -0.2) is 0 Å². The molecule has 4 nitrogen and oxygen atoms in total. The number of fused-ring (bicyclic) bond motifs is 1. The standard InChI is InChI=1S/C25H23O4P/c1-18-11-14-23(15-12-18)27-30(26,29-25-19(2)7-6-8-20(25)3)28-24-16-13-21-9-4-5-10-22(21)17-24/h4-17H,1-3H3. The van der Waals surface area contributed by atoms with Gasteiger partial charge in [-0.1, -0.05) is 66.2 Å².